The van der Waals surface area contributed by atoms with Crippen LogP contribution in [0.3, 0.4) is 0 Å². The number of esters is 1. The van der Waals surface area contributed by atoms with Crippen molar-refractivity contribution in [3.63, 3.8) is 0 Å². The minimum atomic E-state index is -0.636. The first kappa shape index (κ1) is 20.3. The number of para-hydroxylation sites is 1. The van der Waals surface area contributed by atoms with Gasteiger partial charge >= 0.3 is 5.97 Å². The lowest BCUT2D eigenvalue weighted by Crippen LogP contribution is -2.19. The van der Waals surface area contributed by atoms with Crippen LogP contribution in [0.5, 0.6) is 5.75 Å². The summed E-state index contributed by atoms with van der Waals surface area (Å²) in [6, 6.07) is 22.1. The molecule has 4 rings (SSSR count). The SMILES string of the molecule is C[C@H]1C(=O)Nc2ccc(C(=O)COC(=O)COc3ccccc3-c3ccccc3)cc21. The minimum Gasteiger partial charge on any atom is -0.481 e. The molecule has 1 atom stereocenters. The highest BCUT2D eigenvalue weighted by molar-refractivity contribution is 6.05. The smallest absolute Gasteiger partial charge is 0.344 e. The first-order valence-electron chi connectivity index (χ1n) is 9.94. The second-order valence-electron chi connectivity index (χ2n) is 7.25. The highest BCUT2D eigenvalue weighted by Gasteiger charge is 2.27. The number of nitrogens with one attached hydrogen (secondary N) is 1. The van der Waals surface area contributed by atoms with Crippen LogP contribution in [0, 0.1) is 0 Å². The largest absolute Gasteiger partial charge is 0.481 e. The predicted octanol–water partition coefficient (Wildman–Crippen LogP) is 4.21. The van der Waals surface area contributed by atoms with E-state index in [9.17, 15) is 14.4 Å². The fraction of sp³-hybridized carbons (Fsp3) is 0.160. The molecule has 1 aliphatic heterocycles. The summed E-state index contributed by atoms with van der Waals surface area (Å²) in [4.78, 5) is 36.3. The van der Waals surface area contributed by atoms with Crippen LogP contribution in [0.25, 0.3) is 11.1 Å². The number of benzene rings is 3. The predicted molar refractivity (Wildman–Crippen MR) is 116 cm³/mol. The zero-order valence-corrected chi connectivity index (χ0v) is 17.0. The molecule has 0 saturated heterocycles. The molecule has 1 amide bonds. The van der Waals surface area contributed by atoms with Crippen molar-refractivity contribution >= 4 is 23.3 Å². The number of ether oxygens (including phenoxy) is 2. The Morgan fingerprint density at radius 3 is 2.48 bits per heavy atom. The van der Waals surface area contributed by atoms with Gasteiger partial charge in [-0.2, -0.15) is 0 Å². The molecule has 6 heteroatoms. The number of ketones is 1. The van der Waals surface area contributed by atoms with Crippen LogP contribution in [0.4, 0.5) is 5.69 Å². The van der Waals surface area contributed by atoms with Gasteiger partial charge < -0.3 is 14.8 Å². The summed E-state index contributed by atoms with van der Waals surface area (Å²) < 4.78 is 10.7. The molecule has 0 fully saturated rings. The van der Waals surface area contributed by atoms with Crippen molar-refractivity contribution in [2.75, 3.05) is 18.5 Å². The quantitative estimate of drug-likeness (QED) is 0.462. The van der Waals surface area contributed by atoms with Gasteiger partial charge in [-0.3, -0.25) is 9.59 Å². The number of fused-ring (bicyclic) bond motifs is 1. The number of carbonyl (C=O) groups excluding carboxylic acids is 3. The second kappa shape index (κ2) is 8.83. The van der Waals surface area contributed by atoms with Crippen LogP contribution in [0.15, 0.2) is 72.8 Å². The Morgan fingerprint density at radius 1 is 0.935 bits per heavy atom. The molecular weight excluding hydrogens is 394 g/mol. The van der Waals surface area contributed by atoms with E-state index in [1.165, 1.54) is 0 Å². The third-order valence-corrected chi connectivity index (χ3v) is 5.17. The van der Waals surface area contributed by atoms with E-state index in [0.29, 0.717) is 17.0 Å². The van der Waals surface area contributed by atoms with Crippen molar-refractivity contribution in [2.45, 2.75) is 12.8 Å². The maximum atomic E-state index is 12.4. The van der Waals surface area contributed by atoms with Crippen LogP contribution in [-0.4, -0.2) is 30.9 Å². The van der Waals surface area contributed by atoms with E-state index in [2.05, 4.69) is 5.32 Å². The van der Waals surface area contributed by atoms with E-state index in [1.807, 2.05) is 48.5 Å². The number of rotatable bonds is 7. The molecule has 0 unspecified atom stereocenters. The van der Waals surface area contributed by atoms with E-state index in [-0.39, 0.29) is 24.2 Å². The number of hydrogen-bond acceptors (Lipinski definition) is 5. The molecule has 0 spiro atoms. The first-order chi connectivity index (χ1) is 15.0. The van der Waals surface area contributed by atoms with E-state index >= 15 is 0 Å². The topological polar surface area (TPSA) is 81.7 Å². The second-order valence-corrected chi connectivity index (χ2v) is 7.25. The minimum absolute atomic E-state index is 0.0982. The Balaban J connectivity index is 1.34. The molecule has 0 radical (unpaired) electrons. The molecule has 3 aromatic carbocycles. The Hall–Kier alpha value is -3.93. The summed E-state index contributed by atoms with van der Waals surface area (Å²) in [7, 11) is 0. The maximum absolute atomic E-state index is 12.4. The fourth-order valence-corrected chi connectivity index (χ4v) is 3.45. The third kappa shape index (κ3) is 4.48. The van der Waals surface area contributed by atoms with Crippen molar-refractivity contribution in [3.8, 4) is 16.9 Å². The van der Waals surface area contributed by atoms with Gasteiger partial charge in [-0.05, 0) is 42.3 Å². The highest BCUT2D eigenvalue weighted by Crippen LogP contribution is 2.33. The van der Waals surface area contributed by atoms with Gasteiger partial charge in [-0.25, -0.2) is 4.79 Å². The zero-order valence-electron chi connectivity index (χ0n) is 17.0. The van der Waals surface area contributed by atoms with Gasteiger partial charge in [0.05, 0.1) is 5.92 Å². The van der Waals surface area contributed by atoms with Gasteiger partial charge in [-0.15, -0.1) is 0 Å². The molecule has 1 aliphatic rings. The number of Topliss-reactive ketones (excluding diaryl/α,β-unsaturated/α-hetero) is 1. The number of anilines is 1. The molecule has 1 heterocycles. The van der Waals surface area contributed by atoms with E-state index in [0.717, 1.165) is 16.7 Å². The lowest BCUT2D eigenvalue weighted by atomic mass is 9.99. The Bertz CT molecular complexity index is 1140. The van der Waals surface area contributed by atoms with E-state index in [1.54, 1.807) is 31.2 Å². The van der Waals surface area contributed by atoms with Crippen LogP contribution in [0.2, 0.25) is 0 Å². The summed E-state index contributed by atoms with van der Waals surface area (Å²) in [6.07, 6.45) is 0. The summed E-state index contributed by atoms with van der Waals surface area (Å²) >= 11 is 0. The van der Waals surface area contributed by atoms with Gasteiger partial charge in [-0.1, -0.05) is 48.5 Å². The number of carbonyl (C=O) groups is 3. The maximum Gasteiger partial charge on any atom is 0.344 e. The van der Waals surface area contributed by atoms with Crippen LogP contribution in [-0.2, 0) is 14.3 Å². The van der Waals surface area contributed by atoms with E-state index in [4.69, 9.17) is 9.47 Å². The molecule has 3 aromatic rings. The molecule has 0 aromatic heterocycles. The summed E-state index contributed by atoms with van der Waals surface area (Å²) in [5.41, 5.74) is 3.70. The summed E-state index contributed by atoms with van der Waals surface area (Å²) in [5, 5.41) is 2.76. The van der Waals surface area contributed by atoms with Gasteiger partial charge in [0.1, 0.15) is 5.75 Å². The van der Waals surface area contributed by atoms with E-state index < -0.39 is 12.6 Å². The van der Waals surface area contributed by atoms with Crippen molar-refractivity contribution in [2.24, 2.45) is 0 Å². The van der Waals surface area contributed by atoms with Crippen LogP contribution in [0.1, 0.15) is 28.8 Å². The molecule has 6 nitrogen and oxygen atoms in total. The van der Waals surface area contributed by atoms with Crippen molar-refractivity contribution in [1.29, 1.82) is 0 Å². The van der Waals surface area contributed by atoms with Gasteiger partial charge in [0.25, 0.3) is 0 Å². The third-order valence-electron chi connectivity index (χ3n) is 5.17. The normalized spacial score (nSPS) is 14.5. The molecular formula is C25H21NO5. The van der Waals surface area contributed by atoms with Crippen LogP contribution >= 0.6 is 0 Å². The Kier molecular flexibility index (Phi) is 5.80. The number of amides is 1. The lowest BCUT2D eigenvalue weighted by Gasteiger charge is -2.11. The average Bonchev–Trinajstić information content (AvgIpc) is 3.09. The molecule has 1 N–H and O–H groups in total. The average molecular weight is 415 g/mol. The standard InChI is InChI=1S/C25H21NO5/c1-16-20-13-18(11-12-21(20)26-25(16)29)22(27)14-31-24(28)15-30-23-10-6-5-9-19(23)17-7-3-2-4-8-17/h2-13,16H,14-15H2,1H3,(H,26,29)/t16-/m1/s1. The van der Waals surface area contributed by atoms with Crippen molar-refractivity contribution in [1.82, 2.24) is 0 Å². The Morgan fingerprint density at radius 2 is 1.68 bits per heavy atom. The molecule has 0 bridgehead atoms. The first-order valence-corrected chi connectivity index (χ1v) is 9.94. The monoisotopic (exact) mass is 415 g/mol. The van der Waals surface area contributed by atoms with Gasteiger partial charge in [0.15, 0.2) is 19.0 Å². The van der Waals surface area contributed by atoms with Crippen molar-refractivity contribution in [3.05, 3.63) is 83.9 Å². The number of hydrogen-bond donors (Lipinski definition) is 1. The van der Waals surface area contributed by atoms with Crippen LogP contribution < -0.4 is 10.1 Å². The zero-order chi connectivity index (χ0) is 21.8. The Labute approximate surface area is 179 Å². The van der Waals surface area contributed by atoms with Gasteiger partial charge in [0, 0.05) is 16.8 Å². The fourth-order valence-electron chi connectivity index (χ4n) is 3.45. The summed E-state index contributed by atoms with van der Waals surface area (Å²) in [5.74, 6) is -0.834. The summed E-state index contributed by atoms with van der Waals surface area (Å²) in [6.45, 7) is 1.08. The molecule has 156 valence electrons. The van der Waals surface area contributed by atoms with Crippen molar-refractivity contribution < 1.29 is 23.9 Å². The molecule has 0 aliphatic carbocycles. The lowest BCUT2D eigenvalue weighted by molar-refractivity contribution is -0.144. The highest BCUT2D eigenvalue weighted by atomic mass is 16.6. The molecule has 0 saturated carbocycles. The van der Waals surface area contributed by atoms with Gasteiger partial charge in [0.2, 0.25) is 5.91 Å². The molecule has 31 heavy (non-hydrogen) atoms.